The number of benzene rings is 3. The first kappa shape index (κ1) is 20.0. The summed E-state index contributed by atoms with van der Waals surface area (Å²) in [5.74, 6) is 0.551. The van der Waals surface area contributed by atoms with Crippen LogP contribution in [0.4, 0.5) is 11.4 Å². The molecular formula is C24H21N3O4. The Hall–Kier alpha value is -4.26. The Morgan fingerprint density at radius 3 is 2.29 bits per heavy atom. The predicted molar refractivity (Wildman–Crippen MR) is 120 cm³/mol. The first-order valence-electron chi connectivity index (χ1n) is 9.60. The third-order valence-electron chi connectivity index (χ3n) is 4.83. The van der Waals surface area contributed by atoms with Crippen LogP contribution in [0.3, 0.4) is 0 Å². The minimum atomic E-state index is -0.306. The number of rotatable bonds is 6. The molecular weight excluding hydrogens is 394 g/mol. The fraction of sp³-hybridized carbons (Fsp3) is 0.0833. The van der Waals surface area contributed by atoms with Crippen molar-refractivity contribution in [3.05, 3.63) is 84.1 Å². The zero-order valence-electron chi connectivity index (χ0n) is 17.1. The summed E-state index contributed by atoms with van der Waals surface area (Å²) in [4.78, 5) is 28.4. The SMILES string of the molecule is COc1ccc(C(=O)Nc2cc(NC(=O)c3cc4ccccc4[nH]3)ccc2OC)cc1. The number of H-pyrrole nitrogens is 1. The number of amides is 2. The average molecular weight is 415 g/mol. The molecule has 0 fully saturated rings. The van der Waals surface area contributed by atoms with Crippen LogP contribution in [0.25, 0.3) is 10.9 Å². The highest BCUT2D eigenvalue weighted by molar-refractivity contribution is 6.08. The molecule has 0 saturated heterocycles. The predicted octanol–water partition coefficient (Wildman–Crippen LogP) is 4.69. The van der Waals surface area contributed by atoms with Crippen molar-refractivity contribution in [3.8, 4) is 11.5 Å². The van der Waals surface area contributed by atoms with E-state index < -0.39 is 0 Å². The van der Waals surface area contributed by atoms with E-state index in [4.69, 9.17) is 9.47 Å². The summed E-state index contributed by atoms with van der Waals surface area (Å²) in [6.07, 6.45) is 0. The number of hydrogen-bond acceptors (Lipinski definition) is 4. The lowest BCUT2D eigenvalue weighted by atomic mass is 10.2. The first-order chi connectivity index (χ1) is 15.1. The summed E-state index contributed by atoms with van der Waals surface area (Å²) in [6, 6.07) is 21.3. The normalized spacial score (nSPS) is 10.5. The van der Waals surface area contributed by atoms with Gasteiger partial charge < -0.3 is 25.1 Å². The van der Waals surface area contributed by atoms with Gasteiger partial charge in [0.05, 0.1) is 19.9 Å². The lowest BCUT2D eigenvalue weighted by Gasteiger charge is -2.13. The molecule has 1 heterocycles. The van der Waals surface area contributed by atoms with E-state index in [1.165, 1.54) is 7.11 Å². The Kier molecular flexibility index (Phi) is 5.57. The molecule has 7 heteroatoms. The summed E-state index contributed by atoms with van der Waals surface area (Å²) in [6.45, 7) is 0. The summed E-state index contributed by atoms with van der Waals surface area (Å²) < 4.78 is 10.5. The van der Waals surface area contributed by atoms with Crippen molar-refractivity contribution in [2.45, 2.75) is 0 Å². The first-order valence-corrected chi connectivity index (χ1v) is 9.60. The second kappa shape index (κ2) is 8.62. The summed E-state index contributed by atoms with van der Waals surface area (Å²) in [5.41, 5.74) is 2.76. The molecule has 4 aromatic rings. The number of carbonyl (C=O) groups is 2. The zero-order valence-corrected chi connectivity index (χ0v) is 17.1. The Morgan fingerprint density at radius 2 is 1.58 bits per heavy atom. The molecule has 0 bridgehead atoms. The minimum Gasteiger partial charge on any atom is -0.497 e. The quantitative estimate of drug-likeness (QED) is 0.426. The van der Waals surface area contributed by atoms with Gasteiger partial charge in [-0.2, -0.15) is 0 Å². The molecule has 3 N–H and O–H groups in total. The Morgan fingerprint density at radius 1 is 0.806 bits per heavy atom. The van der Waals surface area contributed by atoms with E-state index in [1.807, 2.05) is 24.3 Å². The summed E-state index contributed by atoms with van der Waals surface area (Å²) in [7, 11) is 3.08. The Bertz CT molecular complexity index is 1210. The molecule has 0 atom stereocenters. The number of aromatic amines is 1. The van der Waals surface area contributed by atoms with Crippen LogP contribution in [0.5, 0.6) is 11.5 Å². The van der Waals surface area contributed by atoms with Crippen LogP contribution >= 0.6 is 0 Å². The van der Waals surface area contributed by atoms with Gasteiger partial charge >= 0.3 is 0 Å². The van der Waals surface area contributed by atoms with Crippen LogP contribution < -0.4 is 20.1 Å². The molecule has 0 aliphatic heterocycles. The van der Waals surface area contributed by atoms with Crippen LogP contribution in [0.2, 0.25) is 0 Å². The minimum absolute atomic E-state index is 0.284. The molecule has 0 spiro atoms. The Balaban J connectivity index is 1.53. The molecule has 7 nitrogen and oxygen atoms in total. The van der Waals surface area contributed by atoms with Crippen molar-refractivity contribution in [1.82, 2.24) is 4.98 Å². The molecule has 0 saturated carbocycles. The number of anilines is 2. The van der Waals surface area contributed by atoms with E-state index in [1.54, 1.807) is 55.6 Å². The lowest BCUT2D eigenvalue weighted by molar-refractivity contribution is 0.101. The number of fused-ring (bicyclic) bond motifs is 1. The van der Waals surface area contributed by atoms with Gasteiger partial charge in [-0.3, -0.25) is 9.59 Å². The van der Waals surface area contributed by atoms with Crippen LogP contribution in [0, 0.1) is 0 Å². The monoisotopic (exact) mass is 415 g/mol. The van der Waals surface area contributed by atoms with Gasteiger partial charge in [-0.15, -0.1) is 0 Å². The molecule has 0 radical (unpaired) electrons. The molecule has 0 aliphatic rings. The molecule has 0 unspecified atom stereocenters. The number of nitrogens with one attached hydrogen (secondary N) is 3. The number of para-hydroxylation sites is 1. The van der Waals surface area contributed by atoms with Gasteiger partial charge in [0, 0.05) is 22.2 Å². The number of ether oxygens (including phenoxy) is 2. The van der Waals surface area contributed by atoms with Crippen LogP contribution in [0.1, 0.15) is 20.8 Å². The molecule has 3 aromatic carbocycles. The smallest absolute Gasteiger partial charge is 0.272 e. The van der Waals surface area contributed by atoms with Gasteiger partial charge in [-0.05, 0) is 54.6 Å². The van der Waals surface area contributed by atoms with Gasteiger partial charge in [0.25, 0.3) is 11.8 Å². The van der Waals surface area contributed by atoms with Crippen LogP contribution in [-0.2, 0) is 0 Å². The third kappa shape index (κ3) is 4.35. The fourth-order valence-corrected chi connectivity index (χ4v) is 3.21. The average Bonchev–Trinajstić information content (AvgIpc) is 3.24. The summed E-state index contributed by atoms with van der Waals surface area (Å²) >= 11 is 0. The highest BCUT2D eigenvalue weighted by atomic mass is 16.5. The van der Waals surface area contributed by atoms with Gasteiger partial charge in [0.2, 0.25) is 0 Å². The highest BCUT2D eigenvalue weighted by Crippen LogP contribution is 2.29. The van der Waals surface area contributed by atoms with Crippen molar-refractivity contribution in [2.75, 3.05) is 24.9 Å². The lowest BCUT2D eigenvalue weighted by Crippen LogP contribution is -2.15. The molecule has 0 aliphatic carbocycles. The molecule has 4 rings (SSSR count). The second-order valence-corrected chi connectivity index (χ2v) is 6.82. The number of methoxy groups -OCH3 is 2. The molecule has 1 aromatic heterocycles. The number of carbonyl (C=O) groups excluding carboxylic acids is 2. The van der Waals surface area contributed by atoms with Gasteiger partial charge in [-0.25, -0.2) is 0 Å². The van der Waals surface area contributed by atoms with Crippen molar-refractivity contribution in [3.63, 3.8) is 0 Å². The third-order valence-corrected chi connectivity index (χ3v) is 4.83. The number of hydrogen-bond donors (Lipinski definition) is 3. The van der Waals surface area contributed by atoms with Crippen molar-refractivity contribution in [2.24, 2.45) is 0 Å². The molecule has 156 valence electrons. The summed E-state index contributed by atoms with van der Waals surface area (Å²) in [5, 5.41) is 6.63. The van der Waals surface area contributed by atoms with Crippen molar-refractivity contribution >= 4 is 34.1 Å². The van der Waals surface area contributed by atoms with Crippen molar-refractivity contribution < 1.29 is 19.1 Å². The second-order valence-electron chi connectivity index (χ2n) is 6.82. The van der Waals surface area contributed by atoms with E-state index in [2.05, 4.69) is 15.6 Å². The molecule has 31 heavy (non-hydrogen) atoms. The van der Waals surface area contributed by atoms with E-state index in [-0.39, 0.29) is 11.8 Å². The maximum absolute atomic E-state index is 12.7. The zero-order chi connectivity index (χ0) is 21.8. The van der Waals surface area contributed by atoms with Gasteiger partial charge in [-0.1, -0.05) is 18.2 Å². The van der Waals surface area contributed by atoms with Crippen LogP contribution in [0.15, 0.2) is 72.8 Å². The maximum Gasteiger partial charge on any atom is 0.272 e. The topological polar surface area (TPSA) is 92.5 Å². The van der Waals surface area contributed by atoms with Crippen molar-refractivity contribution in [1.29, 1.82) is 0 Å². The largest absolute Gasteiger partial charge is 0.497 e. The van der Waals surface area contributed by atoms with Gasteiger partial charge in [0.15, 0.2) is 0 Å². The number of aromatic nitrogens is 1. The van der Waals surface area contributed by atoms with E-state index in [0.717, 1.165) is 10.9 Å². The van der Waals surface area contributed by atoms with E-state index >= 15 is 0 Å². The van der Waals surface area contributed by atoms with Gasteiger partial charge in [0.1, 0.15) is 17.2 Å². The van der Waals surface area contributed by atoms with Crippen LogP contribution in [-0.4, -0.2) is 31.0 Å². The standard InChI is InChI=1S/C24H21N3O4/c1-30-18-10-7-15(8-11-18)23(28)27-20-14-17(9-12-22(20)31-2)25-24(29)21-13-16-5-3-4-6-19(16)26-21/h3-14,26H,1-2H3,(H,25,29)(H,27,28). The maximum atomic E-state index is 12.7. The molecule has 2 amide bonds. The van der Waals surface area contributed by atoms with E-state index in [9.17, 15) is 9.59 Å². The highest BCUT2D eigenvalue weighted by Gasteiger charge is 2.14. The van der Waals surface area contributed by atoms with E-state index in [0.29, 0.717) is 34.1 Å². The fourth-order valence-electron chi connectivity index (χ4n) is 3.21. The Labute approximate surface area is 179 Å².